The average Bonchev–Trinajstić information content (AvgIpc) is 1.94. The van der Waals surface area contributed by atoms with Crippen molar-refractivity contribution in [3.63, 3.8) is 0 Å². The van der Waals surface area contributed by atoms with Gasteiger partial charge in [-0.05, 0) is 19.1 Å². The van der Waals surface area contributed by atoms with Crippen LogP contribution in [0.15, 0.2) is 35.2 Å². The third-order valence-corrected chi connectivity index (χ3v) is 0.873. The SMILES string of the molecule is CC1=NC=C=CC=C1. The summed E-state index contributed by atoms with van der Waals surface area (Å²) in [6.45, 7) is 1.95. The third kappa shape index (κ3) is 1.21. The molecule has 0 aliphatic carbocycles. The van der Waals surface area contributed by atoms with Crippen LogP contribution in [0.4, 0.5) is 0 Å². The lowest BCUT2D eigenvalue weighted by Crippen LogP contribution is -1.78. The van der Waals surface area contributed by atoms with Crippen LogP contribution in [0.25, 0.3) is 0 Å². The summed E-state index contributed by atoms with van der Waals surface area (Å²) in [6.07, 6.45) is 7.36. The van der Waals surface area contributed by atoms with E-state index in [-0.39, 0.29) is 0 Å². The highest BCUT2D eigenvalue weighted by Crippen LogP contribution is 1.87. The molecule has 0 spiro atoms. The minimum absolute atomic E-state index is 1.02. The molecule has 0 aromatic carbocycles. The van der Waals surface area contributed by atoms with Gasteiger partial charge in [-0.15, -0.1) is 5.73 Å². The van der Waals surface area contributed by atoms with Crippen LogP contribution in [0.1, 0.15) is 6.92 Å². The largest absolute Gasteiger partial charge is 0.253 e. The number of hydrogen-bond acceptors (Lipinski definition) is 1. The second-order valence-electron chi connectivity index (χ2n) is 1.59. The number of aliphatic imine (C=N–C) groups is 1. The van der Waals surface area contributed by atoms with Crippen LogP contribution in [-0.2, 0) is 0 Å². The molecule has 0 unspecified atom stereocenters. The molecule has 40 valence electrons. The normalized spacial score (nSPS) is 15.9. The molecule has 0 aromatic heterocycles. The quantitative estimate of drug-likeness (QED) is 0.416. The van der Waals surface area contributed by atoms with Crippen molar-refractivity contribution in [1.29, 1.82) is 0 Å². The number of hydrogen-bond donors (Lipinski definition) is 0. The van der Waals surface area contributed by atoms with Gasteiger partial charge in [-0.2, -0.15) is 0 Å². The smallest absolute Gasteiger partial charge is 0.0689 e. The Morgan fingerprint density at radius 3 is 3.38 bits per heavy atom. The van der Waals surface area contributed by atoms with Gasteiger partial charge in [0.1, 0.15) is 0 Å². The Hall–Kier alpha value is -1.07. The van der Waals surface area contributed by atoms with Crippen LogP contribution in [0.5, 0.6) is 0 Å². The van der Waals surface area contributed by atoms with Crippen molar-refractivity contribution in [3.05, 3.63) is 30.2 Å². The first-order chi connectivity index (χ1) is 3.89. The zero-order valence-corrected chi connectivity index (χ0v) is 4.76. The van der Waals surface area contributed by atoms with Crippen molar-refractivity contribution in [3.8, 4) is 0 Å². The highest BCUT2D eigenvalue weighted by atomic mass is 14.7. The van der Waals surface area contributed by atoms with Crippen molar-refractivity contribution < 1.29 is 0 Å². The summed E-state index contributed by atoms with van der Waals surface area (Å²) in [5.41, 5.74) is 3.87. The second-order valence-corrected chi connectivity index (χ2v) is 1.59. The minimum Gasteiger partial charge on any atom is -0.253 e. The van der Waals surface area contributed by atoms with Crippen LogP contribution in [-0.4, -0.2) is 5.71 Å². The van der Waals surface area contributed by atoms with Crippen LogP contribution >= 0.6 is 0 Å². The molecule has 0 fully saturated rings. The van der Waals surface area contributed by atoms with Gasteiger partial charge < -0.3 is 0 Å². The van der Waals surface area contributed by atoms with E-state index in [2.05, 4.69) is 10.7 Å². The van der Waals surface area contributed by atoms with Gasteiger partial charge in [0.05, 0.1) is 6.20 Å². The lowest BCUT2D eigenvalue weighted by Gasteiger charge is -1.79. The number of rotatable bonds is 0. The average molecular weight is 105 g/mol. The first-order valence-corrected chi connectivity index (χ1v) is 2.51. The van der Waals surface area contributed by atoms with E-state index in [1.165, 1.54) is 0 Å². The molecule has 0 saturated heterocycles. The van der Waals surface area contributed by atoms with Gasteiger partial charge >= 0.3 is 0 Å². The first kappa shape index (κ1) is 5.07. The molecule has 0 N–H and O–H groups in total. The zero-order chi connectivity index (χ0) is 5.82. The Kier molecular flexibility index (Phi) is 1.45. The summed E-state index contributed by atoms with van der Waals surface area (Å²) in [6, 6.07) is 0. The lowest BCUT2D eigenvalue weighted by atomic mass is 10.4. The fourth-order valence-corrected chi connectivity index (χ4v) is 0.468. The molecule has 8 heavy (non-hydrogen) atoms. The third-order valence-electron chi connectivity index (χ3n) is 0.873. The highest BCUT2D eigenvalue weighted by Gasteiger charge is 1.78. The predicted molar refractivity (Wildman–Crippen MR) is 34.9 cm³/mol. The Bertz CT molecular complexity index is 190. The molecular weight excluding hydrogens is 98.1 g/mol. The standard InChI is InChI=1S/C7H7N/c1-7-5-3-2-4-6-8-7/h2-3,5-6H,1H3. The Morgan fingerprint density at radius 2 is 2.50 bits per heavy atom. The van der Waals surface area contributed by atoms with Gasteiger partial charge in [-0.3, -0.25) is 4.99 Å². The molecule has 1 heterocycles. The number of allylic oxidation sites excluding steroid dienone is 3. The van der Waals surface area contributed by atoms with Crippen molar-refractivity contribution >= 4 is 5.71 Å². The molecule has 1 aliphatic heterocycles. The molecule has 0 aromatic rings. The summed E-state index contributed by atoms with van der Waals surface area (Å²) in [5, 5.41) is 0. The molecule has 1 heteroatoms. The predicted octanol–water partition coefficient (Wildman–Crippen LogP) is 1.69. The maximum atomic E-state index is 3.99. The van der Waals surface area contributed by atoms with Gasteiger partial charge in [0.15, 0.2) is 0 Å². The Balaban J connectivity index is 2.90. The van der Waals surface area contributed by atoms with Crippen molar-refractivity contribution in [2.24, 2.45) is 4.99 Å². The van der Waals surface area contributed by atoms with Crippen LogP contribution in [0, 0.1) is 0 Å². The molecule has 0 saturated carbocycles. The van der Waals surface area contributed by atoms with E-state index >= 15 is 0 Å². The van der Waals surface area contributed by atoms with Crippen molar-refractivity contribution in [2.75, 3.05) is 0 Å². The van der Waals surface area contributed by atoms with Crippen molar-refractivity contribution in [1.82, 2.24) is 0 Å². The van der Waals surface area contributed by atoms with E-state index in [0.717, 1.165) is 5.71 Å². The molecule has 0 amide bonds. The van der Waals surface area contributed by atoms with Crippen LogP contribution in [0.2, 0.25) is 0 Å². The van der Waals surface area contributed by atoms with Gasteiger partial charge in [-0.25, -0.2) is 0 Å². The minimum atomic E-state index is 1.02. The lowest BCUT2D eigenvalue weighted by molar-refractivity contribution is 1.56. The van der Waals surface area contributed by atoms with Crippen molar-refractivity contribution in [2.45, 2.75) is 6.92 Å². The van der Waals surface area contributed by atoms with Crippen LogP contribution in [0.3, 0.4) is 0 Å². The van der Waals surface area contributed by atoms with Gasteiger partial charge in [-0.1, -0.05) is 6.08 Å². The topological polar surface area (TPSA) is 12.4 Å². The van der Waals surface area contributed by atoms with E-state index in [1.807, 2.05) is 25.2 Å². The van der Waals surface area contributed by atoms with Gasteiger partial charge in [0.2, 0.25) is 0 Å². The molecule has 0 bridgehead atoms. The number of nitrogens with zero attached hydrogens (tertiary/aromatic N) is 1. The molecule has 1 aliphatic rings. The fraction of sp³-hybridized carbons (Fsp3) is 0.143. The Labute approximate surface area is 48.7 Å². The molecule has 0 atom stereocenters. The summed E-state index contributed by atoms with van der Waals surface area (Å²) in [7, 11) is 0. The zero-order valence-electron chi connectivity index (χ0n) is 4.76. The molecule has 0 radical (unpaired) electrons. The van der Waals surface area contributed by atoms with Gasteiger partial charge in [0.25, 0.3) is 0 Å². The molecule has 1 rings (SSSR count). The monoisotopic (exact) mass is 105 g/mol. The first-order valence-electron chi connectivity index (χ1n) is 2.51. The van der Waals surface area contributed by atoms with Crippen LogP contribution < -0.4 is 0 Å². The molecule has 1 nitrogen and oxygen atoms in total. The highest BCUT2D eigenvalue weighted by molar-refractivity contribution is 5.93. The second kappa shape index (κ2) is 2.29. The van der Waals surface area contributed by atoms with E-state index in [9.17, 15) is 0 Å². The van der Waals surface area contributed by atoms with E-state index in [1.54, 1.807) is 6.20 Å². The maximum Gasteiger partial charge on any atom is 0.0689 e. The fourth-order valence-electron chi connectivity index (χ4n) is 0.468. The summed E-state index contributed by atoms with van der Waals surface area (Å²) < 4.78 is 0. The summed E-state index contributed by atoms with van der Waals surface area (Å²) in [5.74, 6) is 0. The Morgan fingerprint density at radius 1 is 1.62 bits per heavy atom. The molecular formula is C7H7N. The van der Waals surface area contributed by atoms with E-state index < -0.39 is 0 Å². The maximum absolute atomic E-state index is 3.99. The van der Waals surface area contributed by atoms with Gasteiger partial charge in [0, 0.05) is 5.71 Å². The summed E-state index contributed by atoms with van der Waals surface area (Å²) >= 11 is 0. The van der Waals surface area contributed by atoms with E-state index in [4.69, 9.17) is 0 Å². The van der Waals surface area contributed by atoms with E-state index in [0.29, 0.717) is 0 Å². The summed E-state index contributed by atoms with van der Waals surface area (Å²) in [4.78, 5) is 3.99.